The van der Waals surface area contributed by atoms with Crippen LogP contribution in [0.4, 0.5) is 11.6 Å². The number of anilines is 2. The second-order valence-corrected chi connectivity index (χ2v) is 6.35. The number of benzene rings is 2. The van der Waals surface area contributed by atoms with E-state index in [1.54, 1.807) is 25.3 Å². The van der Waals surface area contributed by atoms with Crippen LogP contribution in [0.25, 0.3) is 0 Å². The molecule has 1 aliphatic heterocycles. The summed E-state index contributed by atoms with van der Waals surface area (Å²) in [6.07, 6.45) is 3.78. The molecule has 0 fully saturated rings. The molecule has 8 nitrogen and oxygen atoms in total. The summed E-state index contributed by atoms with van der Waals surface area (Å²) in [7, 11) is 1.65. The Bertz CT molecular complexity index is 1010. The topological polar surface area (TPSA) is 94.6 Å². The van der Waals surface area contributed by atoms with Crippen LogP contribution in [0.15, 0.2) is 54.9 Å². The van der Waals surface area contributed by atoms with Gasteiger partial charge in [0.25, 0.3) is 5.91 Å². The fraction of sp³-hybridized carbons (Fsp3) is 0.190. The number of aromatic nitrogens is 2. The van der Waals surface area contributed by atoms with Crippen LogP contribution in [0.5, 0.6) is 17.2 Å². The number of carbonyl (C=O) groups is 1. The lowest BCUT2D eigenvalue weighted by atomic mass is 10.1. The summed E-state index contributed by atoms with van der Waals surface area (Å²) in [5.41, 5.74) is 2.12. The minimum absolute atomic E-state index is 0.187. The molecule has 2 N–H and O–H groups in total. The van der Waals surface area contributed by atoms with Crippen molar-refractivity contribution in [3.8, 4) is 17.2 Å². The number of rotatable bonds is 7. The van der Waals surface area contributed by atoms with Crippen molar-refractivity contribution in [2.75, 3.05) is 31.1 Å². The number of ether oxygens (including phenoxy) is 3. The van der Waals surface area contributed by atoms with Crippen LogP contribution in [0.1, 0.15) is 15.9 Å². The van der Waals surface area contributed by atoms with E-state index in [0.717, 1.165) is 17.7 Å². The molecule has 1 aliphatic rings. The molecule has 0 saturated heterocycles. The molecule has 1 aromatic heterocycles. The van der Waals surface area contributed by atoms with Gasteiger partial charge in [-0.25, -0.2) is 9.97 Å². The first-order chi connectivity index (χ1) is 14.2. The van der Waals surface area contributed by atoms with Crippen LogP contribution in [0.3, 0.4) is 0 Å². The van der Waals surface area contributed by atoms with E-state index in [1.807, 2.05) is 24.3 Å². The van der Waals surface area contributed by atoms with Crippen LogP contribution in [-0.2, 0) is 6.42 Å². The predicted molar refractivity (Wildman–Crippen MR) is 108 cm³/mol. The second-order valence-electron chi connectivity index (χ2n) is 6.35. The zero-order chi connectivity index (χ0) is 20.1. The monoisotopic (exact) mass is 392 g/mol. The lowest BCUT2D eigenvalue weighted by molar-refractivity contribution is 0.102. The van der Waals surface area contributed by atoms with Gasteiger partial charge in [0, 0.05) is 30.7 Å². The third-order valence-electron chi connectivity index (χ3n) is 4.38. The quantitative estimate of drug-likeness (QED) is 0.638. The lowest BCUT2D eigenvalue weighted by Gasteiger charge is -2.08. The molecule has 0 unspecified atom stereocenters. The number of amides is 1. The summed E-state index contributed by atoms with van der Waals surface area (Å²) in [6.45, 7) is 0.850. The predicted octanol–water partition coefficient (Wildman–Crippen LogP) is 3.12. The molecule has 4 rings (SSSR count). The minimum Gasteiger partial charge on any atom is -0.497 e. The number of nitrogens with one attached hydrogen (secondary N) is 2. The van der Waals surface area contributed by atoms with Crippen molar-refractivity contribution in [3.63, 3.8) is 0 Å². The maximum Gasteiger partial charge on any atom is 0.258 e. The molecule has 8 heteroatoms. The van der Waals surface area contributed by atoms with Gasteiger partial charge < -0.3 is 24.8 Å². The maximum absolute atomic E-state index is 12.4. The van der Waals surface area contributed by atoms with Crippen molar-refractivity contribution in [2.45, 2.75) is 6.42 Å². The van der Waals surface area contributed by atoms with Crippen molar-refractivity contribution in [1.29, 1.82) is 0 Å². The van der Waals surface area contributed by atoms with Gasteiger partial charge in [-0.1, -0.05) is 12.1 Å². The van der Waals surface area contributed by atoms with E-state index in [2.05, 4.69) is 20.6 Å². The van der Waals surface area contributed by atoms with Crippen molar-refractivity contribution < 1.29 is 19.0 Å². The standard InChI is InChI=1S/C21H20N4O4/c1-27-17-4-2-3-14(9-17)7-8-22-21-23-11-15(12-24-21)20(26)25-16-5-6-18-19(10-16)29-13-28-18/h2-6,9-12H,7-8,13H2,1H3,(H,25,26)(H,22,23,24). The van der Waals surface area contributed by atoms with Gasteiger partial charge in [0.15, 0.2) is 11.5 Å². The highest BCUT2D eigenvalue weighted by molar-refractivity contribution is 6.04. The molecule has 148 valence electrons. The van der Waals surface area contributed by atoms with E-state index < -0.39 is 0 Å². The van der Waals surface area contributed by atoms with E-state index in [-0.39, 0.29) is 12.7 Å². The zero-order valence-electron chi connectivity index (χ0n) is 15.8. The Hall–Kier alpha value is -3.81. The summed E-state index contributed by atoms with van der Waals surface area (Å²) in [5, 5.41) is 5.95. The highest BCUT2D eigenvalue weighted by atomic mass is 16.7. The first-order valence-electron chi connectivity index (χ1n) is 9.11. The molecular weight excluding hydrogens is 372 g/mol. The van der Waals surface area contributed by atoms with Gasteiger partial charge in [-0.3, -0.25) is 4.79 Å². The second kappa shape index (κ2) is 8.47. The normalized spacial score (nSPS) is 11.8. The number of nitrogens with zero attached hydrogens (tertiary/aromatic N) is 2. The molecule has 0 radical (unpaired) electrons. The Morgan fingerprint density at radius 3 is 2.76 bits per heavy atom. The molecular formula is C21H20N4O4. The smallest absolute Gasteiger partial charge is 0.258 e. The van der Waals surface area contributed by atoms with Gasteiger partial charge in [0.05, 0.1) is 12.7 Å². The molecule has 0 aliphatic carbocycles. The Morgan fingerprint density at radius 1 is 1.10 bits per heavy atom. The van der Waals surface area contributed by atoms with Crippen LogP contribution in [-0.4, -0.2) is 36.3 Å². The van der Waals surface area contributed by atoms with Gasteiger partial charge in [-0.15, -0.1) is 0 Å². The number of hydrogen-bond acceptors (Lipinski definition) is 7. The van der Waals surface area contributed by atoms with Crippen LogP contribution in [0, 0.1) is 0 Å². The first kappa shape index (κ1) is 18.5. The fourth-order valence-corrected chi connectivity index (χ4v) is 2.86. The highest BCUT2D eigenvalue weighted by Crippen LogP contribution is 2.34. The molecule has 0 bridgehead atoms. The van der Waals surface area contributed by atoms with E-state index in [0.29, 0.717) is 35.2 Å². The van der Waals surface area contributed by atoms with Crippen LogP contribution >= 0.6 is 0 Å². The minimum atomic E-state index is -0.299. The molecule has 3 aromatic rings. The van der Waals surface area contributed by atoms with Crippen molar-refractivity contribution in [3.05, 3.63) is 66.0 Å². The molecule has 0 atom stereocenters. The summed E-state index contributed by atoms with van der Waals surface area (Å²) >= 11 is 0. The Morgan fingerprint density at radius 2 is 1.93 bits per heavy atom. The summed E-state index contributed by atoms with van der Waals surface area (Å²) in [6, 6.07) is 13.1. The van der Waals surface area contributed by atoms with E-state index in [4.69, 9.17) is 14.2 Å². The molecule has 2 heterocycles. The number of hydrogen-bond donors (Lipinski definition) is 2. The highest BCUT2D eigenvalue weighted by Gasteiger charge is 2.15. The summed E-state index contributed by atoms with van der Waals surface area (Å²) < 4.78 is 15.8. The Balaban J connectivity index is 1.30. The molecule has 1 amide bonds. The Kier molecular flexibility index (Phi) is 5.42. The van der Waals surface area contributed by atoms with Gasteiger partial charge in [-0.2, -0.15) is 0 Å². The average molecular weight is 392 g/mol. The summed E-state index contributed by atoms with van der Waals surface area (Å²) in [4.78, 5) is 20.8. The largest absolute Gasteiger partial charge is 0.497 e. The van der Waals surface area contributed by atoms with E-state index in [1.165, 1.54) is 12.4 Å². The molecule has 0 spiro atoms. The van der Waals surface area contributed by atoms with Gasteiger partial charge in [-0.05, 0) is 36.2 Å². The molecule has 0 saturated carbocycles. The SMILES string of the molecule is COc1cccc(CCNc2ncc(C(=O)Nc3ccc4c(c3)OCO4)cn2)c1. The zero-order valence-corrected chi connectivity index (χ0v) is 15.8. The number of fused-ring (bicyclic) bond motifs is 1. The van der Waals surface area contributed by atoms with Crippen molar-refractivity contribution in [1.82, 2.24) is 9.97 Å². The maximum atomic E-state index is 12.4. The lowest BCUT2D eigenvalue weighted by Crippen LogP contribution is -2.14. The fourth-order valence-electron chi connectivity index (χ4n) is 2.86. The molecule has 2 aromatic carbocycles. The third kappa shape index (κ3) is 4.55. The van der Waals surface area contributed by atoms with Crippen LogP contribution < -0.4 is 24.8 Å². The van der Waals surface area contributed by atoms with Gasteiger partial charge in [0.2, 0.25) is 12.7 Å². The number of carbonyl (C=O) groups excluding carboxylic acids is 1. The number of methoxy groups -OCH3 is 1. The Labute approximate surface area is 167 Å². The van der Waals surface area contributed by atoms with Gasteiger partial charge >= 0.3 is 0 Å². The van der Waals surface area contributed by atoms with Crippen molar-refractivity contribution >= 4 is 17.5 Å². The van der Waals surface area contributed by atoms with Crippen LogP contribution in [0.2, 0.25) is 0 Å². The van der Waals surface area contributed by atoms with E-state index >= 15 is 0 Å². The molecule has 29 heavy (non-hydrogen) atoms. The van der Waals surface area contributed by atoms with E-state index in [9.17, 15) is 4.79 Å². The third-order valence-corrected chi connectivity index (χ3v) is 4.38. The first-order valence-corrected chi connectivity index (χ1v) is 9.11. The average Bonchev–Trinajstić information content (AvgIpc) is 3.22. The van der Waals surface area contributed by atoms with Crippen molar-refractivity contribution in [2.24, 2.45) is 0 Å². The van der Waals surface area contributed by atoms with Gasteiger partial charge in [0.1, 0.15) is 5.75 Å². The summed E-state index contributed by atoms with van der Waals surface area (Å²) in [5.74, 6) is 2.27.